The molecule has 0 bridgehead atoms. The third-order valence-electron chi connectivity index (χ3n) is 2.39. The molecule has 100 valence electrons. The molecule has 2 atom stereocenters. The molecule has 0 saturated carbocycles. The second-order valence-corrected chi connectivity index (χ2v) is 4.79. The van der Waals surface area contributed by atoms with E-state index >= 15 is 0 Å². The Balaban J connectivity index is 2.23. The Morgan fingerprint density at radius 3 is 2.67 bits per heavy atom. The molecule has 18 heavy (non-hydrogen) atoms. The van der Waals surface area contributed by atoms with Crippen molar-refractivity contribution in [2.75, 3.05) is 13.2 Å². The van der Waals surface area contributed by atoms with E-state index in [1.807, 2.05) is 0 Å². The van der Waals surface area contributed by atoms with Crippen molar-refractivity contribution in [2.24, 2.45) is 0 Å². The quantitative estimate of drug-likeness (QED) is 0.622. The summed E-state index contributed by atoms with van der Waals surface area (Å²) < 4.78 is 61.8. The molecule has 1 aliphatic rings. The second-order valence-electron chi connectivity index (χ2n) is 3.88. The van der Waals surface area contributed by atoms with Crippen molar-refractivity contribution in [2.45, 2.75) is 18.4 Å². The molecule has 0 aromatic heterocycles. The summed E-state index contributed by atoms with van der Waals surface area (Å²) in [6.45, 7) is 0.182. The Morgan fingerprint density at radius 2 is 2.11 bits per heavy atom. The van der Waals surface area contributed by atoms with Crippen molar-refractivity contribution in [1.29, 1.82) is 0 Å². The van der Waals surface area contributed by atoms with Crippen molar-refractivity contribution in [3.05, 3.63) is 34.1 Å². The number of benzene rings is 1. The van der Waals surface area contributed by atoms with Gasteiger partial charge in [-0.2, -0.15) is 13.2 Å². The van der Waals surface area contributed by atoms with Gasteiger partial charge in [0.1, 0.15) is 11.9 Å². The molecule has 0 N–H and O–H groups in total. The third-order valence-corrected chi connectivity index (χ3v) is 2.88. The van der Waals surface area contributed by atoms with Crippen LogP contribution in [0.5, 0.6) is 0 Å². The highest BCUT2D eigenvalue weighted by atomic mass is 79.9. The predicted octanol–water partition coefficient (Wildman–Crippen LogP) is 3.61. The summed E-state index contributed by atoms with van der Waals surface area (Å²) in [5.74, 6) is -0.947. The Morgan fingerprint density at radius 1 is 1.44 bits per heavy atom. The average molecular weight is 329 g/mol. The van der Waals surface area contributed by atoms with Gasteiger partial charge in [0, 0.05) is 10.0 Å². The zero-order chi connectivity index (χ0) is 13.3. The van der Waals surface area contributed by atoms with Gasteiger partial charge >= 0.3 is 6.18 Å². The van der Waals surface area contributed by atoms with Crippen LogP contribution in [0.2, 0.25) is 0 Å². The monoisotopic (exact) mass is 328 g/mol. The zero-order valence-corrected chi connectivity index (χ0v) is 10.6. The van der Waals surface area contributed by atoms with E-state index in [0.717, 1.165) is 12.1 Å². The van der Waals surface area contributed by atoms with Crippen LogP contribution in [0.1, 0.15) is 11.7 Å². The minimum Gasteiger partial charge on any atom is -0.371 e. The fraction of sp³-hybridized carbons (Fsp3) is 0.455. The van der Waals surface area contributed by atoms with Crippen LogP contribution in [-0.2, 0) is 9.47 Å². The molecule has 1 aliphatic heterocycles. The Labute approximate surface area is 109 Å². The molecule has 0 amide bonds. The van der Waals surface area contributed by atoms with Crippen molar-refractivity contribution < 1.29 is 27.0 Å². The van der Waals surface area contributed by atoms with Crippen LogP contribution >= 0.6 is 15.9 Å². The first kappa shape index (κ1) is 13.8. The van der Waals surface area contributed by atoms with Gasteiger partial charge in [-0.15, -0.1) is 0 Å². The number of hydrogen-bond acceptors (Lipinski definition) is 2. The molecule has 0 spiro atoms. The number of epoxide rings is 1. The van der Waals surface area contributed by atoms with E-state index in [1.54, 1.807) is 0 Å². The Kier molecular flexibility index (Phi) is 3.93. The first-order chi connectivity index (χ1) is 8.38. The standard InChI is InChI=1S/C11H9BrF4O2/c12-6-1-2-9(13)8(3-6)10(11(14,15)16)18-5-7-4-17-7/h1-3,7,10H,4-5H2/t7-,10+/m1/s1. The van der Waals surface area contributed by atoms with Crippen LogP contribution in [-0.4, -0.2) is 25.5 Å². The molecule has 1 saturated heterocycles. The highest BCUT2D eigenvalue weighted by Crippen LogP contribution is 2.38. The topological polar surface area (TPSA) is 21.8 Å². The fourth-order valence-corrected chi connectivity index (χ4v) is 1.82. The molecule has 0 radical (unpaired) electrons. The highest BCUT2D eigenvalue weighted by Gasteiger charge is 2.44. The van der Waals surface area contributed by atoms with Gasteiger partial charge in [-0.3, -0.25) is 0 Å². The summed E-state index contributed by atoms with van der Waals surface area (Å²) in [5.41, 5.74) is -0.530. The summed E-state index contributed by atoms with van der Waals surface area (Å²) >= 11 is 3.01. The van der Waals surface area contributed by atoms with Gasteiger partial charge in [-0.1, -0.05) is 15.9 Å². The molecule has 0 unspecified atom stereocenters. The van der Waals surface area contributed by atoms with Crippen LogP contribution in [0.3, 0.4) is 0 Å². The smallest absolute Gasteiger partial charge is 0.371 e. The minimum atomic E-state index is -4.67. The lowest BCUT2D eigenvalue weighted by atomic mass is 10.1. The van der Waals surface area contributed by atoms with Crippen LogP contribution in [0.25, 0.3) is 0 Å². The zero-order valence-electron chi connectivity index (χ0n) is 9.01. The maximum absolute atomic E-state index is 13.5. The normalized spacial score (nSPS) is 20.8. The van der Waals surface area contributed by atoms with E-state index in [-0.39, 0.29) is 12.7 Å². The van der Waals surface area contributed by atoms with Crippen LogP contribution in [0, 0.1) is 5.82 Å². The first-order valence-corrected chi connectivity index (χ1v) is 5.92. The first-order valence-electron chi connectivity index (χ1n) is 5.13. The molecule has 7 heteroatoms. The van der Waals surface area contributed by atoms with E-state index < -0.39 is 23.7 Å². The molecular formula is C11H9BrF4O2. The van der Waals surface area contributed by atoms with Gasteiger partial charge in [0.25, 0.3) is 0 Å². The van der Waals surface area contributed by atoms with Crippen LogP contribution in [0.4, 0.5) is 17.6 Å². The van der Waals surface area contributed by atoms with E-state index in [1.165, 1.54) is 6.07 Å². The molecule has 2 nitrogen and oxygen atoms in total. The molecule has 1 aromatic rings. The highest BCUT2D eigenvalue weighted by molar-refractivity contribution is 9.10. The lowest BCUT2D eigenvalue weighted by molar-refractivity contribution is -0.225. The van der Waals surface area contributed by atoms with Crippen molar-refractivity contribution in [3.8, 4) is 0 Å². The fourth-order valence-electron chi connectivity index (χ4n) is 1.44. The van der Waals surface area contributed by atoms with E-state index in [0.29, 0.717) is 11.1 Å². The summed E-state index contributed by atoms with van der Waals surface area (Å²) in [6.07, 6.45) is -7.26. The number of halogens is 5. The van der Waals surface area contributed by atoms with Gasteiger partial charge < -0.3 is 9.47 Å². The Bertz CT molecular complexity index is 432. The van der Waals surface area contributed by atoms with E-state index in [2.05, 4.69) is 15.9 Å². The van der Waals surface area contributed by atoms with Gasteiger partial charge in [0.05, 0.1) is 13.2 Å². The van der Waals surface area contributed by atoms with Crippen molar-refractivity contribution in [3.63, 3.8) is 0 Å². The van der Waals surface area contributed by atoms with Gasteiger partial charge in [-0.05, 0) is 18.2 Å². The average Bonchev–Trinajstić information content (AvgIpc) is 3.05. The molecule has 1 fully saturated rings. The lowest BCUT2D eigenvalue weighted by Gasteiger charge is -2.21. The Hall–Kier alpha value is -0.660. The largest absolute Gasteiger partial charge is 0.418 e. The van der Waals surface area contributed by atoms with Crippen LogP contribution in [0.15, 0.2) is 22.7 Å². The number of alkyl halides is 3. The van der Waals surface area contributed by atoms with Crippen molar-refractivity contribution >= 4 is 15.9 Å². The summed E-state index contributed by atoms with van der Waals surface area (Å²) in [6, 6.07) is 3.37. The van der Waals surface area contributed by atoms with Gasteiger partial charge in [-0.25, -0.2) is 4.39 Å². The predicted molar refractivity (Wildman–Crippen MR) is 58.6 cm³/mol. The molecule has 0 aliphatic carbocycles. The van der Waals surface area contributed by atoms with Gasteiger partial charge in [0.15, 0.2) is 6.10 Å². The number of ether oxygens (including phenoxy) is 2. The van der Waals surface area contributed by atoms with E-state index in [9.17, 15) is 17.6 Å². The lowest BCUT2D eigenvalue weighted by Crippen LogP contribution is -2.26. The maximum atomic E-state index is 13.5. The summed E-state index contributed by atoms with van der Waals surface area (Å²) in [7, 11) is 0. The molecule has 1 heterocycles. The van der Waals surface area contributed by atoms with Crippen LogP contribution < -0.4 is 0 Å². The number of hydrogen-bond donors (Lipinski definition) is 0. The second kappa shape index (κ2) is 5.14. The summed E-state index contributed by atoms with van der Waals surface area (Å²) in [4.78, 5) is 0. The van der Waals surface area contributed by atoms with Crippen molar-refractivity contribution in [1.82, 2.24) is 0 Å². The van der Waals surface area contributed by atoms with E-state index in [4.69, 9.17) is 9.47 Å². The molecular weight excluding hydrogens is 320 g/mol. The SMILES string of the molecule is Fc1ccc(Br)cc1[C@H](OC[C@H]1CO1)C(F)(F)F. The third kappa shape index (κ3) is 3.43. The molecule has 2 rings (SSSR count). The minimum absolute atomic E-state index is 0.198. The maximum Gasteiger partial charge on any atom is 0.418 e. The molecule has 1 aromatic carbocycles. The van der Waals surface area contributed by atoms with Gasteiger partial charge in [0.2, 0.25) is 0 Å². The summed E-state index contributed by atoms with van der Waals surface area (Å²) in [5, 5.41) is 0. The number of rotatable bonds is 4.